The van der Waals surface area contributed by atoms with Crippen molar-refractivity contribution in [3.63, 3.8) is 0 Å². The third-order valence-electron chi connectivity index (χ3n) is 17.4. The molecule has 0 atom stereocenters. The average molecular weight is 1140 g/mol. The summed E-state index contributed by atoms with van der Waals surface area (Å²) >= 11 is 0. The van der Waals surface area contributed by atoms with E-state index >= 15 is 0 Å². The van der Waals surface area contributed by atoms with Crippen molar-refractivity contribution >= 4 is 0 Å². The van der Waals surface area contributed by atoms with Gasteiger partial charge in [-0.05, 0) is 253 Å². The maximum atomic E-state index is 2.38. The monoisotopic (exact) mass is 1140 g/mol. The van der Waals surface area contributed by atoms with E-state index < -0.39 is 0 Å². The molecule has 0 spiro atoms. The van der Waals surface area contributed by atoms with Crippen LogP contribution in [-0.2, 0) is 0 Å². The van der Waals surface area contributed by atoms with E-state index in [4.69, 9.17) is 0 Å². The van der Waals surface area contributed by atoms with Crippen molar-refractivity contribution in [3.05, 3.63) is 376 Å². The molecular weight excluding hydrogens is 1080 g/mol. The Balaban J connectivity index is 0.813. The molecule has 0 N–H and O–H groups in total. The van der Waals surface area contributed by atoms with Gasteiger partial charge in [0.25, 0.3) is 0 Å². The molecule has 0 amide bonds. The van der Waals surface area contributed by atoms with Crippen molar-refractivity contribution in [1.29, 1.82) is 0 Å². The van der Waals surface area contributed by atoms with E-state index in [1.807, 2.05) is 0 Å². The lowest BCUT2D eigenvalue weighted by Gasteiger charge is -2.15. The SMILES string of the molecule is c1ccc(-c2cc(-c3ccccc3)cc(-c3ccc(-c4cccc(-c5cccc(-c6cc(-c7cccc(-c8cc(-c9ccccc9)cc(-c9ccccc9)c8)c7)cc(-c7cccc(-c8cc(-c9ccccc9)cc(-c9ccccc9)c8)c7)c6)c5)c4)cc3)c2)cc1. The van der Waals surface area contributed by atoms with Gasteiger partial charge in [0, 0.05) is 0 Å². The van der Waals surface area contributed by atoms with Gasteiger partial charge in [-0.25, -0.2) is 0 Å². The van der Waals surface area contributed by atoms with Crippen LogP contribution in [-0.4, -0.2) is 0 Å². The van der Waals surface area contributed by atoms with Gasteiger partial charge in [0.2, 0.25) is 0 Å². The van der Waals surface area contributed by atoms with E-state index in [2.05, 4.69) is 376 Å². The zero-order chi connectivity index (χ0) is 60.0. The summed E-state index contributed by atoms with van der Waals surface area (Å²) in [5.41, 5.74) is 32.9. The molecule has 0 fully saturated rings. The minimum atomic E-state index is 1.15. The first-order chi connectivity index (χ1) is 44.5. The molecule has 0 heteroatoms. The fraction of sp³-hybridized carbons (Fsp3) is 0. The Bertz CT molecular complexity index is 4630. The van der Waals surface area contributed by atoms with Gasteiger partial charge in [0.1, 0.15) is 0 Å². The Labute approximate surface area is 528 Å². The summed E-state index contributed by atoms with van der Waals surface area (Å²) in [5, 5.41) is 0. The zero-order valence-corrected chi connectivity index (χ0v) is 49.8. The Morgan fingerprint density at radius 2 is 0.167 bits per heavy atom. The molecule has 0 saturated heterocycles. The Hall–Kier alpha value is -11.7. The second-order valence-corrected chi connectivity index (χ2v) is 23.3. The lowest BCUT2D eigenvalue weighted by atomic mass is 9.89. The predicted molar refractivity (Wildman–Crippen MR) is 383 cm³/mol. The number of hydrogen-bond donors (Lipinski definition) is 0. The minimum absolute atomic E-state index is 1.15. The quantitative estimate of drug-likeness (QED) is 0.102. The fourth-order valence-corrected chi connectivity index (χ4v) is 12.7. The molecule has 0 bridgehead atoms. The first-order valence-electron chi connectivity index (χ1n) is 31.0. The highest BCUT2D eigenvalue weighted by Gasteiger charge is 2.16. The van der Waals surface area contributed by atoms with Crippen molar-refractivity contribution in [2.24, 2.45) is 0 Å². The maximum Gasteiger partial charge on any atom is -0.0171 e. The van der Waals surface area contributed by atoms with Gasteiger partial charge in [0.15, 0.2) is 0 Å². The summed E-state index contributed by atoms with van der Waals surface area (Å²) < 4.78 is 0. The second-order valence-electron chi connectivity index (χ2n) is 23.3. The van der Waals surface area contributed by atoms with Crippen LogP contribution in [0.4, 0.5) is 0 Å². The smallest absolute Gasteiger partial charge is 0.0171 e. The van der Waals surface area contributed by atoms with Crippen LogP contribution in [0.1, 0.15) is 0 Å². The summed E-state index contributed by atoms with van der Waals surface area (Å²) in [4.78, 5) is 0. The lowest BCUT2D eigenvalue weighted by Crippen LogP contribution is -1.90. The molecule has 0 radical (unpaired) electrons. The number of hydrogen-bond acceptors (Lipinski definition) is 0. The first-order valence-corrected chi connectivity index (χ1v) is 31.0. The van der Waals surface area contributed by atoms with Crippen LogP contribution in [0.25, 0.3) is 156 Å². The average Bonchev–Trinajstić information content (AvgIpc) is 2.29. The Morgan fingerprint density at radius 3 is 0.344 bits per heavy atom. The highest BCUT2D eigenvalue weighted by molar-refractivity contribution is 5.90. The van der Waals surface area contributed by atoms with Crippen molar-refractivity contribution in [3.8, 4) is 156 Å². The lowest BCUT2D eigenvalue weighted by molar-refractivity contribution is 1.53. The molecule has 0 aromatic heterocycles. The van der Waals surface area contributed by atoms with Gasteiger partial charge in [-0.2, -0.15) is 0 Å². The molecular formula is C90H62. The molecule has 15 aromatic carbocycles. The minimum Gasteiger partial charge on any atom is -0.0622 e. The Morgan fingerprint density at radius 1 is 0.0667 bits per heavy atom. The zero-order valence-electron chi connectivity index (χ0n) is 49.8. The predicted octanol–water partition coefficient (Wildman–Crippen LogP) is 25.0. The maximum absolute atomic E-state index is 2.38. The van der Waals surface area contributed by atoms with Crippen LogP contribution >= 0.6 is 0 Å². The summed E-state index contributed by atoms with van der Waals surface area (Å²) in [5.74, 6) is 0. The van der Waals surface area contributed by atoms with Gasteiger partial charge in [-0.3, -0.25) is 0 Å². The molecule has 0 unspecified atom stereocenters. The van der Waals surface area contributed by atoms with E-state index in [0.717, 1.165) is 50.1 Å². The van der Waals surface area contributed by atoms with E-state index in [9.17, 15) is 0 Å². The van der Waals surface area contributed by atoms with Crippen molar-refractivity contribution in [2.75, 3.05) is 0 Å². The van der Waals surface area contributed by atoms with Gasteiger partial charge in [0.05, 0.1) is 0 Å². The molecule has 15 rings (SSSR count). The largest absolute Gasteiger partial charge is 0.0622 e. The van der Waals surface area contributed by atoms with Gasteiger partial charge >= 0.3 is 0 Å². The highest BCUT2D eigenvalue weighted by Crippen LogP contribution is 2.41. The molecule has 0 heterocycles. The molecule has 0 aliphatic heterocycles. The Kier molecular flexibility index (Phi) is 15.2. The first kappa shape index (κ1) is 54.9. The van der Waals surface area contributed by atoms with Crippen molar-refractivity contribution in [2.45, 2.75) is 0 Å². The molecule has 0 aliphatic rings. The topological polar surface area (TPSA) is 0 Å². The van der Waals surface area contributed by atoms with E-state index in [0.29, 0.717) is 0 Å². The third-order valence-corrected chi connectivity index (χ3v) is 17.4. The van der Waals surface area contributed by atoms with Crippen LogP contribution < -0.4 is 0 Å². The van der Waals surface area contributed by atoms with Crippen LogP contribution in [0.15, 0.2) is 376 Å². The fourth-order valence-electron chi connectivity index (χ4n) is 12.7. The number of benzene rings is 15. The van der Waals surface area contributed by atoms with Crippen LogP contribution in [0.5, 0.6) is 0 Å². The standard InChI is InChI=1S/C90H62/c1-7-23-63(24-8-1)79-51-80(64-25-9-2-10-26-64)55-85(54-79)70-45-43-69(44-46-70)71-35-19-36-72(47-71)73-37-20-38-74(48-73)88-60-89(77-41-21-39-75(49-77)86-56-81(65-27-11-3-12-28-65)52-82(57-86)66-29-13-4-14-30-66)62-90(61-88)78-42-22-40-76(50-78)87-58-83(67-31-15-5-16-32-67)53-84(59-87)68-33-17-6-18-34-68/h1-62H. The molecule has 0 nitrogen and oxygen atoms in total. The highest BCUT2D eigenvalue weighted by atomic mass is 14.2. The van der Waals surface area contributed by atoms with Crippen LogP contribution in [0, 0.1) is 0 Å². The van der Waals surface area contributed by atoms with Gasteiger partial charge in [-0.1, -0.05) is 279 Å². The normalized spacial score (nSPS) is 11.1. The van der Waals surface area contributed by atoms with E-state index in [1.165, 1.54) is 106 Å². The summed E-state index contributed by atoms with van der Waals surface area (Å²) in [6.07, 6.45) is 0. The second kappa shape index (κ2) is 25.0. The molecule has 15 aromatic rings. The molecule has 0 aliphatic carbocycles. The van der Waals surface area contributed by atoms with Crippen molar-refractivity contribution in [1.82, 2.24) is 0 Å². The van der Waals surface area contributed by atoms with Gasteiger partial charge < -0.3 is 0 Å². The molecule has 90 heavy (non-hydrogen) atoms. The van der Waals surface area contributed by atoms with Crippen LogP contribution in [0.2, 0.25) is 0 Å². The van der Waals surface area contributed by atoms with E-state index in [1.54, 1.807) is 0 Å². The summed E-state index contributed by atoms with van der Waals surface area (Å²) in [6.45, 7) is 0. The molecule has 422 valence electrons. The summed E-state index contributed by atoms with van der Waals surface area (Å²) in [7, 11) is 0. The van der Waals surface area contributed by atoms with Crippen LogP contribution in [0.3, 0.4) is 0 Å². The summed E-state index contributed by atoms with van der Waals surface area (Å²) in [6, 6.07) is 138. The number of rotatable bonds is 14. The molecule has 0 saturated carbocycles. The van der Waals surface area contributed by atoms with Gasteiger partial charge in [-0.15, -0.1) is 0 Å². The van der Waals surface area contributed by atoms with E-state index in [-0.39, 0.29) is 0 Å². The third kappa shape index (κ3) is 11.9. The van der Waals surface area contributed by atoms with Crippen molar-refractivity contribution < 1.29 is 0 Å².